The molecule has 2 rings (SSSR count). The van der Waals surface area contributed by atoms with Gasteiger partial charge < -0.3 is 31.5 Å². The second kappa shape index (κ2) is 4.66. The summed E-state index contributed by atoms with van der Waals surface area (Å²) in [7, 11) is 0. The number of nitrogens with zero attached hydrogens (tertiary/aromatic N) is 1. The molecule has 0 spiro atoms. The number of nitrogens with two attached hydrogens (primary N) is 2. The molecule has 0 bridgehead atoms. The Morgan fingerprint density at radius 2 is 1.89 bits per heavy atom. The van der Waals surface area contributed by atoms with E-state index in [-0.39, 0.29) is 5.82 Å². The maximum Gasteiger partial charge on any atom is 0.332 e. The van der Waals surface area contributed by atoms with Gasteiger partial charge in [-0.15, -0.1) is 0 Å². The maximum atomic E-state index is 11.7. The molecule has 10 nitrogen and oxygen atoms in total. The highest BCUT2D eigenvalue weighted by atomic mass is 16.6. The Bertz CT molecular complexity index is 595. The molecule has 0 amide bonds. The van der Waals surface area contributed by atoms with E-state index in [1.54, 1.807) is 0 Å². The number of nitrogens with one attached hydrogen (secondary N) is 1. The lowest BCUT2D eigenvalue weighted by Crippen LogP contribution is -2.40. The minimum atomic E-state index is -1.50. The van der Waals surface area contributed by atoms with Crippen LogP contribution in [0.15, 0.2) is 9.59 Å². The summed E-state index contributed by atoms with van der Waals surface area (Å²) in [6.45, 7) is -0.553. The van der Waals surface area contributed by atoms with Crippen LogP contribution in [0.25, 0.3) is 0 Å². The number of aliphatic hydroxyl groups is 3. The Morgan fingerprint density at radius 1 is 1.26 bits per heavy atom. The van der Waals surface area contributed by atoms with Gasteiger partial charge in [0.2, 0.25) is 0 Å². The fraction of sp³-hybridized carbons (Fsp3) is 0.556. The average molecular weight is 274 g/mol. The third-order valence-corrected chi connectivity index (χ3v) is 2.99. The van der Waals surface area contributed by atoms with E-state index < -0.39 is 48.1 Å². The number of rotatable bonds is 2. The van der Waals surface area contributed by atoms with Gasteiger partial charge in [0.05, 0.1) is 6.61 Å². The van der Waals surface area contributed by atoms with Crippen LogP contribution in [0.4, 0.5) is 11.5 Å². The van der Waals surface area contributed by atoms with Crippen LogP contribution in [-0.4, -0.2) is 49.8 Å². The fourth-order valence-electron chi connectivity index (χ4n) is 1.93. The standard InChI is InChI=1S/C9H14N4O6/c10-3-6(11)13(9(18)12-7(3)17)8-5(16)4(15)2(1-14)19-8/h2,4-5,8,14-16H,1,10-11H2,(H,12,17,18)/t2-,4-,5-,8-/m1/s1. The molecule has 19 heavy (non-hydrogen) atoms. The van der Waals surface area contributed by atoms with E-state index in [2.05, 4.69) is 0 Å². The lowest BCUT2D eigenvalue weighted by atomic mass is 10.1. The molecule has 1 aliphatic rings. The third kappa shape index (κ3) is 2.00. The lowest BCUT2D eigenvalue weighted by molar-refractivity contribution is -0.0538. The summed E-state index contributed by atoms with van der Waals surface area (Å²) in [6.07, 6.45) is -5.31. The van der Waals surface area contributed by atoms with Crippen LogP contribution in [0.1, 0.15) is 6.23 Å². The predicted octanol–water partition coefficient (Wildman–Crippen LogP) is -3.69. The van der Waals surface area contributed by atoms with Crippen molar-refractivity contribution in [3.63, 3.8) is 0 Å². The molecule has 0 radical (unpaired) electrons. The van der Waals surface area contributed by atoms with E-state index in [1.165, 1.54) is 0 Å². The molecule has 0 aromatic carbocycles. The normalized spacial score (nSPS) is 30.7. The van der Waals surface area contributed by atoms with Gasteiger partial charge in [-0.2, -0.15) is 0 Å². The smallest absolute Gasteiger partial charge is 0.332 e. The Labute approximate surface area is 105 Å². The Balaban J connectivity index is 2.52. The van der Waals surface area contributed by atoms with Crippen molar-refractivity contribution in [1.29, 1.82) is 0 Å². The highest BCUT2D eigenvalue weighted by molar-refractivity contribution is 5.56. The van der Waals surface area contributed by atoms with Gasteiger partial charge in [-0.25, -0.2) is 9.36 Å². The van der Waals surface area contributed by atoms with Crippen molar-refractivity contribution in [3.05, 3.63) is 20.8 Å². The van der Waals surface area contributed by atoms with Gasteiger partial charge in [0.25, 0.3) is 5.56 Å². The van der Waals surface area contributed by atoms with Crippen LogP contribution in [0.3, 0.4) is 0 Å². The first-order valence-electron chi connectivity index (χ1n) is 5.40. The fourth-order valence-corrected chi connectivity index (χ4v) is 1.93. The van der Waals surface area contributed by atoms with E-state index in [4.69, 9.17) is 21.3 Å². The summed E-state index contributed by atoms with van der Waals surface area (Å²) in [5.74, 6) is -0.386. The quantitative estimate of drug-likeness (QED) is 0.319. The monoisotopic (exact) mass is 274 g/mol. The van der Waals surface area contributed by atoms with Gasteiger partial charge in [0.15, 0.2) is 6.23 Å². The van der Waals surface area contributed by atoms with Gasteiger partial charge in [-0.1, -0.05) is 0 Å². The van der Waals surface area contributed by atoms with Crippen molar-refractivity contribution in [2.75, 3.05) is 18.1 Å². The van der Waals surface area contributed by atoms with E-state index in [0.29, 0.717) is 0 Å². The second-order valence-electron chi connectivity index (χ2n) is 4.16. The second-order valence-corrected chi connectivity index (χ2v) is 4.16. The number of hydrogen-bond donors (Lipinski definition) is 6. The number of nitrogen functional groups attached to an aromatic ring is 2. The zero-order valence-corrected chi connectivity index (χ0v) is 9.68. The van der Waals surface area contributed by atoms with E-state index in [9.17, 15) is 19.8 Å². The summed E-state index contributed by atoms with van der Waals surface area (Å²) in [6, 6.07) is 0. The minimum Gasteiger partial charge on any atom is -0.394 e. The van der Waals surface area contributed by atoms with Crippen LogP contribution >= 0.6 is 0 Å². The zero-order chi connectivity index (χ0) is 14.3. The van der Waals surface area contributed by atoms with Crippen molar-refractivity contribution in [1.82, 2.24) is 9.55 Å². The number of H-pyrrole nitrogens is 1. The number of ether oxygens (including phenoxy) is 1. The number of aromatic amines is 1. The number of aromatic nitrogens is 2. The first-order valence-corrected chi connectivity index (χ1v) is 5.40. The molecule has 1 aromatic heterocycles. The molecule has 1 aliphatic heterocycles. The van der Waals surface area contributed by atoms with Gasteiger partial charge in [0.1, 0.15) is 29.8 Å². The van der Waals surface area contributed by atoms with Crippen LogP contribution in [0.2, 0.25) is 0 Å². The predicted molar refractivity (Wildman–Crippen MR) is 63.2 cm³/mol. The Morgan fingerprint density at radius 3 is 2.42 bits per heavy atom. The molecular formula is C9H14N4O6. The van der Waals surface area contributed by atoms with Gasteiger partial charge in [-0.3, -0.25) is 9.78 Å². The highest BCUT2D eigenvalue weighted by Crippen LogP contribution is 2.30. The summed E-state index contributed by atoms with van der Waals surface area (Å²) >= 11 is 0. The molecule has 2 heterocycles. The molecule has 0 aliphatic carbocycles. The molecule has 1 aromatic rings. The Hall–Kier alpha value is -1.88. The van der Waals surface area contributed by atoms with Crippen molar-refractivity contribution in [2.45, 2.75) is 24.5 Å². The molecule has 10 heteroatoms. The van der Waals surface area contributed by atoms with Crippen molar-refractivity contribution >= 4 is 11.5 Å². The third-order valence-electron chi connectivity index (χ3n) is 2.99. The number of anilines is 2. The van der Waals surface area contributed by atoms with Crippen LogP contribution < -0.4 is 22.7 Å². The molecule has 4 atom stereocenters. The highest BCUT2D eigenvalue weighted by Gasteiger charge is 2.44. The van der Waals surface area contributed by atoms with Gasteiger partial charge in [-0.05, 0) is 0 Å². The molecular weight excluding hydrogens is 260 g/mol. The maximum absolute atomic E-state index is 11.7. The molecule has 8 N–H and O–H groups in total. The largest absolute Gasteiger partial charge is 0.394 e. The van der Waals surface area contributed by atoms with Crippen molar-refractivity contribution in [2.24, 2.45) is 0 Å². The molecule has 0 unspecified atom stereocenters. The summed E-state index contributed by atoms with van der Waals surface area (Å²) < 4.78 is 5.86. The Kier molecular flexibility index (Phi) is 3.32. The SMILES string of the molecule is Nc1c(N)n([C@@H]2O[C@H](CO)[C@@H](O)[C@H]2O)c(=O)[nH]c1=O. The van der Waals surface area contributed by atoms with Crippen molar-refractivity contribution in [3.8, 4) is 0 Å². The number of aliphatic hydroxyl groups excluding tert-OH is 3. The first-order chi connectivity index (χ1) is 8.88. The summed E-state index contributed by atoms with van der Waals surface area (Å²) in [5, 5.41) is 28.3. The van der Waals surface area contributed by atoms with Crippen LogP contribution in [-0.2, 0) is 4.74 Å². The topological polar surface area (TPSA) is 177 Å². The summed E-state index contributed by atoms with van der Waals surface area (Å²) in [4.78, 5) is 24.8. The van der Waals surface area contributed by atoms with E-state index in [1.807, 2.05) is 4.98 Å². The van der Waals surface area contributed by atoms with Crippen LogP contribution in [0, 0.1) is 0 Å². The molecule has 106 valence electrons. The average Bonchev–Trinajstić information content (AvgIpc) is 2.64. The van der Waals surface area contributed by atoms with Crippen molar-refractivity contribution < 1.29 is 20.1 Å². The van der Waals surface area contributed by atoms with E-state index in [0.717, 1.165) is 4.57 Å². The molecule has 1 saturated heterocycles. The summed E-state index contributed by atoms with van der Waals surface area (Å²) in [5.41, 5.74) is 8.73. The first kappa shape index (κ1) is 13.5. The van der Waals surface area contributed by atoms with Crippen LogP contribution in [0.5, 0.6) is 0 Å². The molecule has 0 saturated carbocycles. The van der Waals surface area contributed by atoms with Gasteiger partial charge >= 0.3 is 5.69 Å². The zero-order valence-electron chi connectivity index (χ0n) is 9.68. The van der Waals surface area contributed by atoms with Gasteiger partial charge in [0, 0.05) is 0 Å². The van der Waals surface area contributed by atoms with E-state index >= 15 is 0 Å². The number of hydrogen-bond acceptors (Lipinski definition) is 8. The minimum absolute atomic E-state index is 0.386. The molecule has 1 fully saturated rings. The lowest BCUT2D eigenvalue weighted by Gasteiger charge is -2.19.